The van der Waals surface area contributed by atoms with Crippen molar-refractivity contribution in [3.63, 3.8) is 0 Å². The highest BCUT2D eigenvalue weighted by molar-refractivity contribution is 6.09. The Morgan fingerprint density at radius 3 is 2.76 bits per heavy atom. The number of hydrogen-bond acceptors (Lipinski definition) is 4. The van der Waals surface area contributed by atoms with Gasteiger partial charge >= 0.3 is 0 Å². The molecule has 1 aromatic carbocycles. The van der Waals surface area contributed by atoms with Crippen molar-refractivity contribution in [1.82, 2.24) is 19.3 Å². The Labute approximate surface area is 168 Å². The van der Waals surface area contributed by atoms with Gasteiger partial charge in [0.25, 0.3) is 5.91 Å². The second kappa shape index (κ2) is 8.52. The van der Waals surface area contributed by atoms with Crippen LogP contribution in [0.4, 0.5) is 10.1 Å². The van der Waals surface area contributed by atoms with Crippen molar-refractivity contribution >= 4 is 17.7 Å². The molecule has 0 aliphatic carbocycles. The Bertz CT molecular complexity index is 1110. The van der Waals surface area contributed by atoms with E-state index in [1.807, 2.05) is 26.0 Å². The van der Waals surface area contributed by atoms with Crippen LogP contribution in [-0.2, 0) is 11.3 Å². The molecule has 0 unspecified atom stereocenters. The van der Waals surface area contributed by atoms with Gasteiger partial charge in [0.1, 0.15) is 30.0 Å². The largest absolute Gasteiger partial charge is 0.349 e. The van der Waals surface area contributed by atoms with E-state index in [-0.39, 0.29) is 16.9 Å². The number of hydrogen-bond donors (Lipinski definition) is 1. The average molecular weight is 392 g/mol. The van der Waals surface area contributed by atoms with E-state index < -0.39 is 11.7 Å². The number of aromatic nitrogens is 4. The van der Waals surface area contributed by atoms with Crippen LogP contribution >= 0.6 is 0 Å². The number of anilines is 1. The summed E-state index contributed by atoms with van der Waals surface area (Å²) in [5.74, 6) is -1.17. The van der Waals surface area contributed by atoms with Crippen molar-refractivity contribution in [3.8, 4) is 11.8 Å². The lowest BCUT2D eigenvalue weighted by atomic mass is 10.1. The van der Waals surface area contributed by atoms with E-state index in [9.17, 15) is 14.4 Å². The Morgan fingerprint density at radius 2 is 2.14 bits per heavy atom. The number of carbonyl (C=O) groups excluding carboxylic acids is 1. The Balaban J connectivity index is 1.82. The number of benzene rings is 1. The molecule has 0 spiro atoms. The highest BCUT2D eigenvalue weighted by Gasteiger charge is 2.14. The number of aryl methyl sites for hydroxylation is 1. The van der Waals surface area contributed by atoms with Crippen LogP contribution in [0.5, 0.6) is 0 Å². The number of nitriles is 1. The molecule has 2 aromatic heterocycles. The normalized spacial score (nSPS) is 11.3. The molecule has 8 heteroatoms. The molecule has 0 bridgehead atoms. The molecular formula is C21H21FN6O. The maximum Gasteiger partial charge on any atom is 0.266 e. The lowest BCUT2D eigenvalue weighted by Gasteiger charge is -2.08. The van der Waals surface area contributed by atoms with Crippen molar-refractivity contribution in [3.05, 3.63) is 65.3 Å². The second-order valence-electron chi connectivity index (χ2n) is 6.61. The Kier molecular flexibility index (Phi) is 5.88. The van der Waals surface area contributed by atoms with Crippen molar-refractivity contribution < 1.29 is 9.18 Å². The van der Waals surface area contributed by atoms with E-state index in [2.05, 4.69) is 26.9 Å². The molecule has 2 heterocycles. The summed E-state index contributed by atoms with van der Waals surface area (Å²) >= 11 is 0. The average Bonchev–Trinajstić information content (AvgIpc) is 3.30. The first-order valence-corrected chi connectivity index (χ1v) is 9.19. The number of nitrogens with one attached hydrogen (secondary N) is 1. The van der Waals surface area contributed by atoms with Crippen LogP contribution < -0.4 is 5.32 Å². The van der Waals surface area contributed by atoms with Gasteiger partial charge in [-0.25, -0.2) is 14.1 Å². The fourth-order valence-electron chi connectivity index (χ4n) is 3.15. The smallest absolute Gasteiger partial charge is 0.266 e. The molecule has 29 heavy (non-hydrogen) atoms. The predicted octanol–water partition coefficient (Wildman–Crippen LogP) is 3.78. The number of halogens is 1. The summed E-state index contributed by atoms with van der Waals surface area (Å²) in [5, 5.41) is 15.9. The predicted molar refractivity (Wildman–Crippen MR) is 108 cm³/mol. The molecule has 0 saturated carbocycles. The summed E-state index contributed by atoms with van der Waals surface area (Å²) in [6, 6.07) is 8.08. The van der Waals surface area contributed by atoms with Crippen LogP contribution in [0.2, 0.25) is 0 Å². The van der Waals surface area contributed by atoms with Crippen molar-refractivity contribution in [2.24, 2.45) is 0 Å². The third kappa shape index (κ3) is 4.24. The standard InChI is InChI=1S/C21H21FN6O/c1-4-7-27-14(2)8-16(15(27)3)9-17(11-23)21(29)26-18-5-6-20(19(22)10-18)28-13-24-12-25-28/h5-6,8-10,12-13H,4,7H2,1-3H3,(H,26,29)/b17-9+. The topological polar surface area (TPSA) is 88.5 Å². The maximum absolute atomic E-state index is 14.3. The summed E-state index contributed by atoms with van der Waals surface area (Å²) in [6.45, 7) is 6.91. The van der Waals surface area contributed by atoms with Crippen LogP contribution in [0.3, 0.4) is 0 Å². The van der Waals surface area contributed by atoms with Gasteiger partial charge in [-0.2, -0.15) is 10.4 Å². The van der Waals surface area contributed by atoms with Crippen LogP contribution in [0, 0.1) is 31.0 Å². The molecule has 1 amide bonds. The minimum atomic E-state index is -0.597. The second-order valence-corrected chi connectivity index (χ2v) is 6.61. The van der Waals surface area contributed by atoms with Gasteiger partial charge in [-0.3, -0.25) is 4.79 Å². The van der Waals surface area contributed by atoms with Gasteiger partial charge in [-0.15, -0.1) is 0 Å². The van der Waals surface area contributed by atoms with Gasteiger partial charge in [0, 0.05) is 23.6 Å². The van der Waals surface area contributed by atoms with E-state index in [1.54, 1.807) is 12.1 Å². The first-order valence-electron chi connectivity index (χ1n) is 9.19. The SMILES string of the molecule is CCCn1c(C)cc(/C=C(\C#N)C(=O)Nc2ccc(-n3cncn3)c(F)c2)c1C. The van der Waals surface area contributed by atoms with Crippen LogP contribution in [-0.4, -0.2) is 25.2 Å². The van der Waals surface area contributed by atoms with Gasteiger partial charge in [-0.1, -0.05) is 6.92 Å². The van der Waals surface area contributed by atoms with Gasteiger partial charge in [0.05, 0.1) is 0 Å². The molecule has 3 rings (SSSR count). The van der Waals surface area contributed by atoms with Crippen LogP contribution in [0.25, 0.3) is 11.8 Å². The van der Waals surface area contributed by atoms with Crippen LogP contribution in [0.15, 0.2) is 42.5 Å². The fraction of sp³-hybridized carbons (Fsp3) is 0.238. The van der Waals surface area contributed by atoms with E-state index in [4.69, 9.17) is 0 Å². The molecule has 148 valence electrons. The van der Waals surface area contributed by atoms with E-state index >= 15 is 0 Å². The molecule has 0 aliphatic rings. The zero-order valence-corrected chi connectivity index (χ0v) is 16.5. The number of carbonyl (C=O) groups is 1. The monoisotopic (exact) mass is 392 g/mol. The molecular weight excluding hydrogens is 371 g/mol. The highest BCUT2D eigenvalue weighted by atomic mass is 19.1. The lowest BCUT2D eigenvalue weighted by molar-refractivity contribution is -0.112. The quantitative estimate of drug-likeness (QED) is 0.511. The van der Waals surface area contributed by atoms with E-state index in [0.29, 0.717) is 0 Å². The van der Waals surface area contributed by atoms with Gasteiger partial charge in [-0.05, 0) is 56.2 Å². The zero-order valence-electron chi connectivity index (χ0n) is 16.5. The minimum absolute atomic E-state index is 0.0532. The molecule has 1 N–H and O–H groups in total. The van der Waals surface area contributed by atoms with Crippen molar-refractivity contribution in [2.75, 3.05) is 5.32 Å². The molecule has 0 saturated heterocycles. The molecule has 0 aliphatic heterocycles. The molecule has 0 fully saturated rings. The first kappa shape index (κ1) is 20.0. The van der Waals surface area contributed by atoms with Gasteiger partial charge in [0.15, 0.2) is 5.82 Å². The minimum Gasteiger partial charge on any atom is -0.349 e. The lowest BCUT2D eigenvalue weighted by Crippen LogP contribution is -2.14. The fourth-order valence-corrected chi connectivity index (χ4v) is 3.15. The molecule has 0 atom stereocenters. The number of nitrogens with zero attached hydrogens (tertiary/aromatic N) is 5. The Morgan fingerprint density at radius 1 is 1.34 bits per heavy atom. The summed E-state index contributed by atoms with van der Waals surface area (Å²) in [7, 11) is 0. The van der Waals surface area contributed by atoms with Gasteiger partial charge in [0.2, 0.25) is 0 Å². The number of amides is 1. The van der Waals surface area contributed by atoms with E-state index in [1.165, 1.54) is 29.5 Å². The molecule has 3 aromatic rings. The van der Waals surface area contributed by atoms with E-state index in [0.717, 1.165) is 29.9 Å². The van der Waals surface area contributed by atoms with Crippen molar-refractivity contribution in [1.29, 1.82) is 5.26 Å². The molecule has 7 nitrogen and oxygen atoms in total. The zero-order chi connectivity index (χ0) is 21.0. The first-order chi connectivity index (χ1) is 13.9. The van der Waals surface area contributed by atoms with Gasteiger partial charge < -0.3 is 9.88 Å². The summed E-state index contributed by atoms with van der Waals surface area (Å²) in [5.41, 5.74) is 3.28. The maximum atomic E-state index is 14.3. The Hall–Kier alpha value is -3.73. The third-order valence-electron chi connectivity index (χ3n) is 4.60. The molecule has 0 radical (unpaired) electrons. The van der Waals surface area contributed by atoms with Crippen LogP contribution in [0.1, 0.15) is 30.3 Å². The summed E-state index contributed by atoms with van der Waals surface area (Å²) < 4.78 is 17.8. The summed E-state index contributed by atoms with van der Waals surface area (Å²) in [6.07, 6.45) is 5.23. The third-order valence-corrected chi connectivity index (χ3v) is 4.60. The number of rotatable bonds is 6. The highest BCUT2D eigenvalue weighted by Crippen LogP contribution is 2.21. The summed E-state index contributed by atoms with van der Waals surface area (Å²) in [4.78, 5) is 16.3. The van der Waals surface area contributed by atoms with Crippen molar-refractivity contribution in [2.45, 2.75) is 33.7 Å².